The minimum absolute atomic E-state index is 0.610. The number of hydrogen-bond acceptors (Lipinski definition) is 2. The van der Waals surface area contributed by atoms with Crippen LogP contribution in [0.3, 0.4) is 0 Å². The molecule has 7 aromatic rings. The first-order chi connectivity index (χ1) is 19.3. The largest absolute Gasteiger partial charge is 0.309 e. The Morgan fingerprint density at radius 1 is 0.513 bits per heavy atom. The Balaban J connectivity index is 1.39. The Morgan fingerprint density at radius 3 is 1.67 bits per heavy atom. The predicted octanol–water partition coefficient (Wildman–Crippen LogP) is 9.05. The van der Waals surface area contributed by atoms with Gasteiger partial charge in [0.2, 0.25) is 0 Å². The van der Waals surface area contributed by atoms with Gasteiger partial charge >= 0.3 is 0 Å². The van der Waals surface area contributed by atoms with Gasteiger partial charge in [-0.25, -0.2) is 0 Å². The van der Waals surface area contributed by atoms with Crippen LogP contribution < -0.4 is 0 Å². The second kappa shape index (κ2) is 9.45. The van der Waals surface area contributed by atoms with Crippen molar-refractivity contribution in [2.45, 2.75) is 0 Å². The van der Waals surface area contributed by atoms with E-state index in [1.807, 2.05) is 6.07 Å². The lowest BCUT2D eigenvalue weighted by atomic mass is 9.99. The van der Waals surface area contributed by atoms with Gasteiger partial charge in [-0.2, -0.15) is 5.26 Å². The number of rotatable bonds is 4. The lowest BCUT2D eigenvalue weighted by Crippen LogP contribution is -1.93. The van der Waals surface area contributed by atoms with Gasteiger partial charge in [-0.15, -0.1) is 0 Å². The number of para-hydroxylation sites is 1. The quantitative estimate of drug-likeness (QED) is 0.243. The molecule has 0 aliphatic rings. The summed E-state index contributed by atoms with van der Waals surface area (Å²) < 4.78 is 2.35. The van der Waals surface area contributed by atoms with Gasteiger partial charge in [0.1, 0.15) is 0 Å². The number of benzene rings is 5. The molecule has 0 radical (unpaired) electrons. The molecule has 2 heterocycles. The van der Waals surface area contributed by atoms with Crippen LogP contribution in [0.25, 0.3) is 61.0 Å². The van der Waals surface area contributed by atoms with Gasteiger partial charge in [0.25, 0.3) is 0 Å². The van der Waals surface area contributed by atoms with Gasteiger partial charge in [-0.3, -0.25) is 4.98 Å². The molecule has 182 valence electrons. The van der Waals surface area contributed by atoms with Crippen molar-refractivity contribution in [2.24, 2.45) is 0 Å². The molecule has 5 aromatic carbocycles. The highest BCUT2D eigenvalue weighted by Gasteiger charge is 2.14. The lowest BCUT2D eigenvalue weighted by molar-refractivity contribution is 1.18. The fraction of sp³-hybridized carbons (Fsp3) is 0. The van der Waals surface area contributed by atoms with E-state index in [1.165, 1.54) is 32.9 Å². The van der Waals surface area contributed by atoms with Crippen LogP contribution in [0.4, 0.5) is 0 Å². The number of fused-ring (bicyclic) bond motifs is 3. The predicted molar refractivity (Wildman–Crippen MR) is 160 cm³/mol. The first kappa shape index (κ1) is 22.7. The molecule has 3 nitrogen and oxygen atoms in total. The highest BCUT2D eigenvalue weighted by atomic mass is 15.0. The van der Waals surface area contributed by atoms with Gasteiger partial charge < -0.3 is 4.57 Å². The van der Waals surface area contributed by atoms with Gasteiger partial charge in [0.05, 0.1) is 28.4 Å². The smallest absolute Gasteiger partial charge is 0.0992 e. The molecule has 0 atom stereocenters. The average Bonchev–Trinajstić information content (AvgIpc) is 3.35. The zero-order valence-corrected chi connectivity index (χ0v) is 21.1. The van der Waals surface area contributed by atoms with E-state index in [-0.39, 0.29) is 0 Å². The molecule has 0 saturated carbocycles. The number of nitrogens with zero attached hydrogens (tertiary/aromatic N) is 3. The molecule has 0 bridgehead atoms. The second-order valence-corrected chi connectivity index (χ2v) is 9.62. The molecule has 0 amide bonds. The first-order valence-electron chi connectivity index (χ1n) is 12.9. The van der Waals surface area contributed by atoms with Crippen LogP contribution in [0.2, 0.25) is 0 Å². The summed E-state index contributed by atoms with van der Waals surface area (Å²) in [6.07, 6.45) is 1.68. The maximum absolute atomic E-state index is 9.24. The van der Waals surface area contributed by atoms with E-state index in [9.17, 15) is 5.26 Å². The van der Waals surface area contributed by atoms with Crippen LogP contribution in [-0.4, -0.2) is 9.55 Å². The van der Waals surface area contributed by atoms with Crippen molar-refractivity contribution in [1.29, 1.82) is 5.26 Å². The monoisotopic (exact) mass is 497 g/mol. The van der Waals surface area contributed by atoms with Gasteiger partial charge in [0, 0.05) is 28.2 Å². The Kier molecular flexibility index (Phi) is 5.50. The van der Waals surface area contributed by atoms with Gasteiger partial charge in [-0.1, -0.05) is 84.9 Å². The number of nitriles is 1. The molecule has 0 N–H and O–H groups in total. The van der Waals surface area contributed by atoms with Crippen molar-refractivity contribution in [1.82, 2.24) is 9.55 Å². The fourth-order valence-electron chi connectivity index (χ4n) is 5.36. The Bertz CT molecular complexity index is 2000. The molecule has 0 aliphatic heterocycles. The van der Waals surface area contributed by atoms with Crippen molar-refractivity contribution in [3.8, 4) is 45.3 Å². The van der Waals surface area contributed by atoms with Crippen molar-refractivity contribution < 1.29 is 0 Å². The van der Waals surface area contributed by atoms with Gasteiger partial charge in [0.15, 0.2) is 0 Å². The topological polar surface area (TPSA) is 41.6 Å². The first-order valence-corrected chi connectivity index (χ1v) is 12.9. The van der Waals surface area contributed by atoms with E-state index >= 15 is 0 Å². The summed E-state index contributed by atoms with van der Waals surface area (Å²) in [6, 6.07) is 48.7. The van der Waals surface area contributed by atoms with Crippen molar-refractivity contribution in [2.75, 3.05) is 0 Å². The molecule has 2 aromatic heterocycles. The zero-order chi connectivity index (χ0) is 26.2. The lowest BCUT2D eigenvalue weighted by Gasteiger charge is -2.09. The number of hydrogen-bond donors (Lipinski definition) is 0. The maximum Gasteiger partial charge on any atom is 0.0992 e. The van der Waals surface area contributed by atoms with E-state index < -0.39 is 0 Å². The van der Waals surface area contributed by atoms with Crippen molar-refractivity contribution in [3.63, 3.8) is 0 Å². The number of pyridine rings is 1. The summed E-state index contributed by atoms with van der Waals surface area (Å²) in [6.45, 7) is 0. The minimum atomic E-state index is 0.610. The highest BCUT2D eigenvalue weighted by Crippen LogP contribution is 2.37. The summed E-state index contributed by atoms with van der Waals surface area (Å²) in [7, 11) is 0. The normalized spacial score (nSPS) is 11.1. The molecular weight excluding hydrogens is 474 g/mol. The highest BCUT2D eigenvalue weighted by molar-refractivity contribution is 6.11. The molecule has 7 rings (SSSR count). The summed E-state index contributed by atoms with van der Waals surface area (Å²) >= 11 is 0. The zero-order valence-electron chi connectivity index (χ0n) is 21.1. The second-order valence-electron chi connectivity index (χ2n) is 9.62. The SMILES string of the molecule is N#Cc1ccnc(-c2ccc(-c3ccc4c(c3)c3cc(-c5ccccc5)ccc3n4-c3ccccc3)cc2)c1. The van der Waals surface area contributed by atoms with Crippen LogP contribution in [0.1, 0.15) is 5.56 Å². The van der Waals surface area contributed by atoms with Crippen LogP contribution in [-0.2, 0) is 0 Å². The Labute approximate surface area is 226 Å². The van der Waals surface area contributed by atoms with Gasteiger partial charge in [-0.05, 0) is 70.8 Å². The average molecular weight is 498 g/mol. The Morgan fingerprint density at radius 2 is 1.05 bits per heavy atom. The summed E-state index contributed by atoms with van der Waals surface area (Å²) in [4.78, 5) is 4.45. The molecule has 0 saturated heterocycles. The van der Waals surface area contributed by atoms with Crippen LogP contribution in [0.5, 0.6) is 0 Å². The summed E-state index contributed by atoms with van der Waals surface area (Å²) in [5.41, 5.74) is 10.6. The summed E-state index contributed by atoms with van der Waals surface area (Å²) in [5.74, 6) is 0. The third kappa shape index (κ3) is 4.05. The number of aromatic nitrogens is 2. The van der Waals surface area contributed by atoms with E-state index in [1.54, 1.807) is 12.3 Å². The molecule has 3 heteroatoms. The third-order valence-electron chi connectivity index (χ3n) is 7.29. The van der Waals surface area contributed by atoms with Crippen LogP contribution in [0.15, 0.2) is 140 Å². The van der Waals surface area contributed by atoms with Crippen molar-refractivity contribution in [3.05, 3.63) is 145 Å². The van der Waals surface area contributed by atoms with Crippen LogP contribution in [0, 0.1) is 11.3 Å². The molecular formula is C36H23N3. The van der Waals surface area contributed by atoms with E-state index in [0.29, 0.717) is 5.56 Å². The van der Waals surface area contributed by atoms with E-state index in [0.717, 1.165) is 28.1 Å². The maximum atomic E-state index is 9.24. The van der Waals surface area contributed by atoms with Crippen LogP contribution >= 0.6 is 0 Å². The molecule has 0 aliphatic carbocycles. The van der Waals surface area contributed by atoms with E-state index in [4.69, 9.17) is 0 Å². The minimum Gasteiger partial charge on any atom is -0.309 e. The van der Waals surface area contributed by atoms with Crippen molar-refractivity contribution >= 4 is 21.8 Å². The van der Waals surface area contributed by atoms with E-state index in [2.05, 4.69) is 137 Å². The fourth-order valence-corrected chi connectivity index (χ4v) is 5.36. The standard InChI is InChI=1S/C36H23N3/c37-24-25-19-20-38-34(21-25)28-13-11-27(12-14-28)30-16-18-36-33(23-30)32-22-29(26-7-3-1-4-8-26)15-17-35(32)39(36)31-9-5-2-6-10-31/h1-23H. The molecule has 39 heavy (non-hydrogen) atoms. The molecule has 0 spiro atoms. The molecule has 0 unspecified atom stereocenters. The molecule has 0 fully saturated rings. The third-order valence-corrected chi connectivity index (χ3v) is 7.29. The Hall–Kier alpha value is -5.46. The summed E-state index contributed by atoms with van der Waals surface area (Å²) in [5, 5.41) is 11.7.